The van der Waals surface area contributed by atoms with Gasteiger partial charge in [-0.15, -0.1) is 12.4 Å². The Bertz CT molecular complexity index is 804. The summed E-state index contributed by atoms with van der Waals surface area (Å²) < 4.78 is 0. The lowest BCUT2D eigenvalue weighted by Gasteiger charge is -2.37. The molecule has 0 bridgehead atoms. The third kappa shape index (κ3) is 7.77. The SMILES string of the molecule is Cl.N.N.N.N.[HH].[HH].[HH].[HH].c1ccc(N2CCN(c3nc(N4CCCCC4)nc(N4CCCCC4)n3)CC2)cc1. The third-order valence-electron chi connectivity index (χ3n) is 6.56. The van der Waals surface area contributed by atoms with Crippen LogP contribution in [0.5, 0.6) is 0 Å². The summed E-state index contributed by atoms with van der Waals surface area (Å²) in [6.45, 7) is 8.11. The number of nitrogens with zero attached hydrogens (tertiary/aromatic N) is 7. The van der Waals surface area contributed by atoms with Gasteiger partial charge in [-0.2, -0.15) is 15.0 Å². The zero-order valence-corrected chi connectivity index (χ0v) is 22.0. The summed E-state index contributed by atoms with van der Waals surface area (Å²) in [5.41, 5.74) is 1.30. The average molecular weight is 520 g/mol. The summed E-state index contributed by atoms with van der Waals surface area (Å²) in [6.07, 6.45) is 7.56. The minimum atomic E-state index is 0. The normalized spacial score (nSPS) is 17.6. The summed E-state index contributed by atoms with van der Waals surface area (Å²) >= 11 is 0. The highest BCUT2D eigenvalue weighted by molar-refractivity contribution is 5.85. The van der Waals surface area contributed by atoms with Gasteiger partial charge in [0.1, 0.15) is 0 Å². The first-order valence-electron chi connectivity index (χ1n) is 11.7. The highest BCUT2D eigenvalue weighted by Crippen LogP contribution is 2.25. The van der Waals surface area contributed by atoms with E-state index in [4.69, 9.17) is 15.0 Å². The quantitative estimate of drug-likeness (QED) is 0.412. The smallest absolute Gasteiger partial charge is 0.232 e. The van der Waals surface area contributed by atoms with Crippen molar-refractivity contribution in [3.05, 3.63) is 30.3 Å². The van der Waals surface area contributed by atoms with Gasteiger partial charge < -0.3 is 44.2 Å². The van der Waals surface area contributed by atoms with Crippen molar-refractivity contribution in [3.63, 3.8) is 0 Å². The minimum absolute atomic E-state index is 0. The number of piperazine rings is 1. The Morgan fingerprint density at radius 3 is 1.20 bits per heavy atom. The molecule has 0 unspecified atom stereocenters. The molecule has 0 amide bonds. The predicted molar refractivity (Wildman–Crippen MR) is 159 cm³/mol. The van der Waals surface area contributed by atoms with E-state index in [1.54, 1.807) is 0 Å². The minimum Gasteiger partial charge on any atom is -0.368 e. The molecule has 0 radical (unpaired) electrons. The fourth-order valence-electron chi connectivity index (χ4n) is 4.76. The van der Waals surface area contributed by atoms with Crippen LogP contribution in [-0.4, -0.2) is 67.3 Å². The first kappa shape index (κ1) is 32.6. The summed E-state index contributed by atoms with van der Waals surface area (Å²) in [4.78, 5) is 24.4. The Labute approximate surface area is 222 Å². The zero-order chi connectivity index (χ0) is 20.2. The Morgan fingerprint density at radius 1 is 0.457 bits per heavy atom. The fourth-order valence-corrected chi connectivity index (χ4v) is 4.76. The second kappa shape index (κ2) is 15.5. The number of hydrogen-bond acceptors (Lipinski definition) is 11. The number of halogens is 1. The summed E-state index contributed by atoms with van der Waals surface area (Å²) in [5, 5.41) is 0. The van der Waals surface area contributed by atoms with Crippen LogP contribution in [0.1, 0.15) is 44.2 Å². The molecule has 1 aromatic carbocycles. The van der Waals surface area contributed by atoms with Crippen molar-refractivity contribution in [3.8, 4) is 0 Å². The first-order chi connectivity index (χ1) is 14.9. The maximum atomic E-state index is 4.96. The molecule has 3 aliphatic heterocycles. The number of aromatic nitrogens is 3. The summed E-state index contributed by atoms with van der Waals surface area (Å²) in [6, 6.07) is 10.7. The van der Waals surface area contributed by atoms with Crippen molar-refractivity contribution < 1.29 is 5.71 Å². The van der Waals surface area contributed by atoms with Crippen molar-refractivity contribution in [2.24, 2.45) is 0 Å². The zero-order valence-electron chi connectivity index (χ0n) is 21.2. The van der Waals surface area contributed by atoms with E-state index in [1.165, 1.54) is 44.2 Å². The molecule has 1 aromatic heterocycles. The van der Waals surface area contributed by atoms with Gasteiger partial charge >= 0.3 is 0 Å². The predicted octanol–water partition coefficient (Wildman–Crippen LogP) is 5.23. The van der Waals surface area contributed by atoms with Crippen LogP contribution in [0.15, 0.2) is 30.3 Å². The number of piperidine rings is 2. The van der Waals surface area contributed by atoms with Crippen molar-refractivity contribution in [1.29, 1.82) is 0 Å². The van der Waals surface area contributed by atoms with E-state index in [9.17, 15) is 0 Å². The van der Waals surface area contributed by atoms with Gasteiger partial charge in [0, 0.05) is 63.8 Å². The van der Waals surface area contributed by atoms with E-state index in [1.807, 2.05) is 0 Å². The molecule has 3 aliphatic rings. The van der Waals surface area contributed by atoms with Gasteiger partial charge in [-0.3, -0.25) is 0 Å². The Balaban J connectivity index is -0.000000428. The molecule has 0 aliphatic carbocycles. The average Bonchev–Trinajstić information content (AvgIpc) is 2.85. The molecule has 35 heavy (non-hydrogen) atoms. The molecule has 0 atom stereocenters. The monoisotopic (exact) mass is 519 g/mol. The molecule has 12 heteroatoms. The molecule has 5 rings (SSSR count). The Morgan fingerprint density at radius 2 is 0.800 bits per heavy atom. The molecule has 208 valence electrons. The van der Waals surface area contributed by atoms with Crippen LogP contribution in [0.2, 0.25) is 0 Å². The highest BCUT2D eigenvalue weighted by Gasteiger charge is 2.24. The molecule has 2 aromatic rings. The lowest BCUT2D eigenvalue weighted by atomic mass is 10.1. The van der Waals surface area contributed by atoms with E-state index in [2.05, 4.69) is 49.9 Å². The van der Waals surface area contributed by atoms with E-state index < -0.39 is 0 Å². The number of benzene rings is 1. The summed E-state index contributed by atoms with van der Waals surface area (Å²) in [5.74, 6) is 2.62. The second-order valence-corrected chi connectivity index (χ2v) is 8.64. The van der Waals surface area contributed by atoms with Crippen LogP contribution in [0.4, 0.5) is 23.5 Å². The second-order valence-electron chi connectivity index (χ2n) is 8.64. The van der Waals surface area contributed by atoms with Gasteiger partial charge in [-0.1, -0.05) is 18.2 Å². The molecule has 3 fully saturated rings. The van der Waals surface area contributed by atoms with Crippen LogP contribution in [-0.2, 0) is 0 Å². The van der Waals surface area contributed by atoms with E-state index >= 15 is 0 Å². The Kier molecular flexibility index (Phi) is 14.5. The molecule has 12 N–H and O–H groups in total. The number of para-hydroxylation sites is 1. The molecular formula is C23H54ClN11. The van der Waals surface area contributed by atoms with Gasteiger partial charge in [0.05, 0.1) is 0 Å². The molecular weight excluding hydrogens is 466 g/mol. The van der Waals surface area contributed by atoms with Crippen LogP contribution < -0.4 is 44.2 Å². The van der Waals surface area contributed by atoms with E-state index in [-0.39, 0.29) is 42.7 Å². The third-order valence-corrected chi connectivity index (χ3v) is 6.56. The highest BCUT2D eigenvalue weighted by atomic mass is 35.5. The van der Waals surface area contributed by atoms with Crippen molar-refractivity contribution in [1.82, 2.24) is 39.6 Å². The van der Waals surface area contributed by atoms with Gasteiger partial charge in [-0.05, 0) is 50.7 Å². The number of anilines is 4. The van der Waals surface area contributed by atoms with Crippen molar-refractivity contribution in [2.45, 2.75) is 38.5 Å². The summed E-state index contributed by atoms with van der Waals surface area (Å²) in [7, 11) is 0. The topological polar surface area (TPSA) is 192 Å². The van der Waals surface area contributed by atoms with E-state index in [0.29, 0.717) is 0 Å². The van der Waals surface area contributed by atoms with Crippen LogP contribution in [0.3, 0.4) is 0 Å². The van der Waals surface area contributed by atoms with Gasteiger partial charge in [0.25, 0.3) is 0 Å². The largest absolute Gasteiger partial charge is 0.368 e. The molecule has 11 nitrogen and oxygen atoms in total. The van der Waals surface area contributed by atoms with E-state index in [0.717, 1.165) is 70.2 Å². The first-order valence-corrected chi connectivity index (χ1v) is 11.7. The van der Waals surface area contributed by atoms with Gasteiger partial charge in [0.15, 0.2) is 0 Å². The standard InChI is InChI=1S/C23H33N7.ClH.4H3N.4H2/c1-4-10-20(11-5-1)27-16-18-30(19-17-27)23-25-21(28-12-6-2-7-13-28)24-22(26-23)29-14-8-3-9-15-29;;;;;;;;;/h1,4-5,10-11H,2-3,6-9,12-19H2;1H;4*1H3;4*1H. The maximum Gasteiger partial charge on any atom is 0.232 e. The lowest BCUT2D eigenvalue weighted by molar-refractivity contribution is 0.553. The molecule has 0 spiro atoms. The Hall–Kier alpha value is -2.44. The van der Waals surface area contributed by atoms with Gasteiger partial charge in [-0.25, -0.2) is 0 Å². The molecule has 4 heterocycles. The van der Waals surface area contributed by atoms with Crippen LogP contribution in [0, 0.1) is 0 Å². The number of rotatable bonds is 4. The fraction of sp³-hybridized carbons (Fsp3) is 0.609. The molecule has 3 saturated heterocycles. The maximum absolute atomic E-state index is 4.96. The van der Waals surface area contributed by atoms with Crippen LogP contribution in [0.25, 0.3) is 0 Å². The van der Waals surface area contributed by atoms with Crippen LogP contribution >= 0.6 is 12.4 Å². The van der Waals surface area contributed by atoms with Crippen molar-refractivity contribution >= 4 is 35.9 Å². The van der Waals surface area contributed by atoms with Gasteiger partial charge in [0.2, 0.25) is 17.8 Å². The lowest BCUT2D eigenvalue weighted by Crippen LogP contribution is -2.47. The molecule has 0 saturated carbocycles. The van der Waals surface area contributed by atoms with Crippen molar-refractivity contribution in [2.75, 3.05) is 72.0 Å². The number of hydrogen-bond donors (Lipinski definition) is 4.